The van der Waals surface area contributed by atoms with Crippen LogP contribution in [0.5, 0.6) is 0 Å². The number of nitrogens with zero attached hydrogens (tertiary/aromatic N) is 2. The maximum Gasteiger partial charge on any atom is 0.410 e. The van der Waals surface area contributed by atoms with Crippen molar-refractivity contribution in [2.24, 2.45) is 0 Å². The van der Waals surface area contributed by atoms with Crippen LogP contribution in [0.25, 0.3) is 0 Å². The second-order valence-corrected chi connectivity index (χ2v) is 8.29. The summed E-state index contributed by atoms with van der Waals surface area (Å²) in [5.41, 5.74) is -0.630. The summed E-state index contributed by atoms with van der Waals surface area (Å²) in [6, 6.07) is 2.32. The van der Waals surface area contributed by atoms with Crippen molar-refractivity contribution < 1.29 is 18.7 Å². The summed E-state index contributed by atoms with van der Waals surface area (Å²) in [7, 11) is 1.65. The van der Waals surface area contributed by atoms with E-state index >= 15 is 0 Å². The van der Waals surface area contributed by atoms with Crippen molar-refractivity contribution in [3.63, 3.8) is 0 Å². The van der Waals surface area contributed by atoms with E-state index in [1.54, 1.807) is 27.8 Å². The van der Waals surface area contributed by atoms with Gasteiger partial charge in [-0.25, -0.2) is 9.18 Å². The number of benzene rings is 1. The van der Waals surface area contributed by atoms with E-state index in [0.717, 1.165) is 6.07 Å². The number of likely N-dealkylation sites (N-methyl/N-ethyl adjacent to an activating group) is 1. The first-order valence-corrected chi connectivity index (χ1v) is 9.06. The molecule has 138 valence electrons. The fraction of sp³-hybridized carbons (Fsp3) is 0.529. The second kappa shape index (κ2) is 7.50. The van der Waals surface area contributed by atoms with Crippen molar-refractivity contribution in [1.82, 2.24) is 9.80 Å². The minimum Gasteiger partial charge on any atom is -0.444 e. The van der Waals surface area contributed by atoms with E-state index in [0.29, 0.717) is 24.0 Å². The van der Waals surface area contributed by atoms with Gasteiger partial charge >= 0.3 is 6.09 Å². The molecule has 1 aliphatic heterocycles. The Morgan fingerprint density at radius 3 is 2.64 bits per heavy atom. The Balaban J connectivity index is 2.06. The molecule has 0 spiro atoms. The number of likely N-dealkylation sites (tertiary alicyclic amines) is 1. The van der Waals surface area contributed by atoms with E-state index in [1.165, 1.54) is 15.9 Å². The molecule has 0 aromatic heterocycles. The molecule has 0 aliphatic carbocycles. The summed E-state index contributed by atoms with van der Waals surface area (Å²) in [4.78, 5) is 27.8. The van der Waals surface area contributed by atoms with Crippen LogP contribution in [0.4, 0.5) is 9.18 Å². The van der Waals surface area contributed by atoms with Crippen LogP contribution in [0.2, 0.25) is 5.02 Å². The summed E-state index contributed by atoms with van der Waals surface area (Å²) in [6.45, 7) is 6.16. The van der Waals surface area contributed by atoms with Crippen LogP contribution in [0.1, 0.15) is 37.6 Å². The van der Waals surface area contributed by atoms with Crippen LogP contribution in [-0.4, -0.2) is 53.6 Å². The third kappa shape index (κ3) is 4.85. The molecular weight excluding hydrogens is 415 g/mol. The molecule has 0 saturated carbocycles. The quantitative estimate of drug-likeness (QED) is 0.650. The van der Waals surface area contributed by atoms with Gasteiger partial charge in [-0.05, 0) is 55.3 Å². The highest BCUT2D eigenvalue weighted by atomic mass is 79.9. The summed E-state index contributed by atoms with van der Waals surface area (Å²) >= 11 is 9.03. The Morgan fingerprint density at radius 2 is 2.04 bits per heavy atom. The fourth-order valence-electron chi connectivity index (χ4n) is 2.58. The van der Waals surface area contributed by atoms with Gasteiger partial charge in [-0.1, -0.05) is 11.6 Å². The number of carbonyl (C=O) groups excluding carboxylic acids is 2. The minimum atomic E-state index is -0.665. The van der Waals surface area contributed by atoms with Crippen molar-refractivity contribution in [3.8, 4) is 0 Å². The van der Waals surface area contributed by atoms with E-state index in [4.69, 9.17) is 16.3 Å². The Hall–Kier alpha value is -1.34. The summed E-state index contributed by atoms with van der Waals surface area (Å²) in [6.07, 6.45) is 0.171. The zero-order valence-corrected chi connectivity index (χ0v) is 16.9. The van der Waals surface area contributed by atoms with Gasteiger partial charge in [0.25, 0.3) is 5.91 Å². The van der Waals surface area contributed by atoms with E-state index in [1.807, 2.05) is 0 Å². The SMILES string of the molecule is CN(C(=O)OC(C)(C)C)C1CCN(C(=O)c2cc(Br)c(Cl)cc2F)C1. The predicted octanol–water partition coefficient (Wildman–Crippen LogP) is 4.32. The number of halogens is 3. The number of carbonyl (C=O) groups is 2. The highest BCUT2D eigenvalue weighted by Gasteiger charge is 2.34. The number of amides is 2. The largest absolute Gasteiger partial charge is 0.444 e. The molecule has 0 radical (unpaired) electrons. The van der Waals surface area contributed by atoms with Crippen LogP contribution in [-0.2, 0) is 4.74 Å². The smallest absolute Gasteiger partial charge is 0.410 e. The zero-order valence-electron chi connectivity index (χ0n) is 14.6. The number of hydrogen-bond donors (Lipinski definition) is 0. The van der Waals surface area contributed by atoms with Crippen molar-refractivity contribution in [1.29, 1.82) is 0 Å². The standard InChI is InChI=1S/C17H21BrClFN2O3/c1-17(2,3)25-16(24)21(4)10-5-6-22(9-10)15(23)11-7-12(18)13(19)8-14(11)20/h7-8,10H,5-6,9H2,1-4H3. The molecule has 1 fully saturated rings. The van der Waals surface area contributed by atoms with E-state index < -0.39 is 23.4 Å². The first-order chi connectivity index (χ1) is 11.5. The Bertz CT molecular complexity index is 693. The highest BCUT2D eigenvalue weighted by molar-refractivity contribution is 9.10. The van der Waals surface area contributed by atoms with Crippen LogP contribution >= 0.6 is 27.5 Å². The second-order valence-electron chi connectivity index (χ2n) is 7.03. The lowest BCUT2D eigenvalue weighted by molar-refractivity contribution is 0.0226. The summed E-state index contributed by atoms with van der Waals surface area (Å²) < 4.78 is 19.9. The topological polar surface area (TPSA) is 49.9 Å². The lowest BCUT2D eigenvalue weighted by Crippen LogP contribution is -2.42. The number of rotatable bonds is 2. The molecule has 1 saturated heterocycles. The number of ether oxygens (including phenoxy) is 1. The highest BCUT2D eigenvalue weighted by Crippen LogP contribution is 2.27. The number of hydrogen-bond acceptors (Lipinski definition) is 3. The van der Waals surface area contributed by atoms with Crippen molar-refractivity contribution in [2.75, 3.05) is 20.1 Å². The summed E-state index contributed by atoms with van der Waals surface area (Å²) in [5.74, 6) is -1.09. The molecule has 2 rings (SSSR count). The van der Waals surface area contributed by atoms with Crippen molar-refractivity contribution in [3.05, 3.63) is 33.0 Å². The first kappa shape index (κ1) is 20.0. The molecule has 1 aromatic carbocycles. The molecular formula is C17H21BrClFN2O3. The molecule has 0 N–H and O–H groups in total. The van der Waals surface area contributed by atoms with Gasteiger partial charge in [-0.2, -0.15) is 0 Å². The molecule has 1 unspecified atom stereocenters. The predicted molar refractivity (Wildman–Crippen MR) is 97.4 cm³/mol. The minimum absolute atomic E-state index is 0.0446. The molecule has 2 amide bonds. The van der Waals surface area contributed by atoms with E-state index in [-0.39, 0.29) is 16.6 Å². The Morgan fingerprint density at radius 1 is 1.40 bits per heavy atom. The van der Waals surface area contributed by atoms with Crippen LogP contribution in [0.3, 0.4) is 0 Å². The van der Waals surface area contributed by atoms with Gasteiger partial charge in [0.2, 0.25) is 0 Å². The third-order valence-electron chi connectivity index (χ3n) is 3.92. The van der Waals surface area contributed by atoms with Gasteiger partial charge in [-0.15, -0.1) is 0 Å². The molecule has 8 heteroatoms. The Kier molecular flexibility index (Phi) is 5.99. The van der Waals surface area contributed by atoms with Gasteiger partial charge in [0.15, 0.2) is 0 Å². The zero-order chi connectivity index (χ0) is 18.9. The normalized spacial score (nSPS) is 17.6. The molecule has 1 aromatic rings. The van der Waals surface area contributed by atoms with Crippen LogP contribution < -0.4 is 0 Å². The van der Waals surface area contributed by atoms with Crippen molar-refractivity contribution in [2.45, 2.75) is 38.8 Å². The lowest BCUT2D eigenvalue weighted by Gasteiger charge is -2.28. The third-order valence-corrected chi connectivity index (χ3v) is 5.12. The van der Waals surface area contributed by atoms with E-state index in [2.05, 4.69) is 15.9 Å². The molecule has 1 heterocycles. The monoisotopic (exact) mass is 434 g/mol. The Labute approximate surface area is 160 Å². The molecule has 25 heavy (non-hydrogen) atoms. The average molecular weight is 436 g/mol. The summed E-state index contributed by atoms with van der Waals surface area (Å²) in [5, 5.41) is 0.206. The maximum absolute atomic E-state index is 14.1. The first-order valence-electron chi connectivity index (χ1n) is 7.89. The van der Waals surface area contributed by atoms with Crippen molar-refractivity contribution >= 4 is 39.5 Å². The molecule has 5 nitrogen and oxygen atoms in total. The van der Waals surface area contributed by atoms with Crippen LogP contribution in [0.15, 0.2) is 16.6 Å². The van der Waals surface area contributed by atoms with E-state index in [9.17, 15) is 14.0 Å². The van der Waals surface area contributed by atoms with Gasteiger partial charge < -0.3 is 14.5 Å². The molecule has 0 bridgehead atoms. The van der Waals surface area contributed by atoms with Gasteiger partial charge in [0, 0.05) is 24.6 Å². The molecule has 1 atom stereocenters. The van der Waals surface area contributed by atoms with Crippen LogP contribution in [0, 0.1) is 5.82 Å². The fourth-order valence-corrected chi connectivity index (χ4v) is 3.08. The lowest BCUT2D eigenvalue weighted by atomic mass is 10.2. The maximum atomic E-state index is 14.1. The van der Waals surface area contributed by atoms with Gasteiger partial charge in [0.05, 0.1) is 16.6 Å². The molecule has 1 aliphatic rings. The van der Waals surface area contributed by atoms with Gasteiger partial charge in [0.1, 0.15) is 11.4 Å². The van der Waals surface area contributed by atoms with Gasteiger partial charge in [-0.3, -0.25) is 4.79 Å². The average Bonchev–Trinajstić information content (AvgIpc) is 2.97.